The molecule has 1 aliphatic carbocycles. The van der Waals surface area contributed by atoms with E-state index in [2.05, 4.69) is 34.9 Å². The molecule has 1 atom stereocenters. The quantitative estimate of drug-likeness (QED) is 0.419. The number of hydrogen-bond donors (Lipinski definition) is 4. The third-order valence-electron chi connectivity index (χ3n) is 6.68. The van der Waals surface area contributed by atoms with Crippen molar-refractivity contribution in [1.29, 1.82) is 0 Å². The SMILES string of the molecule is O=C(CC1(NC(=O)OCC2c3ccccc3-c3ccccc32)CCSCC1)NCCC(O)C(=O)O. The van der Waals surface area contributed by atoms with Crippen LogP contribution in [-0.4, -0.2) is 64.5 Å². The van der Waals surface area contributed by atoms with Gasteiger partial charge in [0.05, 0.1) is 5.54 Å². The van der Waals surface area contributed by atoms with Crippen LogP contribution in [0.3, 0.4) is 0 Å². The summed E-state index contributed by atoms with van der Waals surface area (Å²) in [5.74, 6) is -0.0380. The van der Waals surface area contributed by atoms with E-state index in [0.29, 0.717) is 12.8 Å². The highest BCUT2D eigenvalue weighted by molar-refractivity contribution is 7.99. The van der Waals surface area contributed by atoms with Crippen LogP contribution >= 0.6 is 11.8 Å². The molecule has 4 rings (SSSR count). The number of rotatable bonds is 9. The molecule has 35 heavy (non-hydrogen) atoms. The molecule has 186 valence electrons. The number of thioether (sulfide) groups is 1. The van der Waals surface area contributed by atoms with Crippen LogP contribution in [0.25, 0.3) is 11.1 Å². The van der Waals surface area contributed by atoms with E-state index in [4.69, 9.17) is 9.84 Å². The number of amides is 2. The summed E-state index contributed by atoms with van der Waals surface area (Å²) in [5, 5.41) is 23.8. The van der Waals surface area contributed by atoms with Gasteiger partial charge < -0.3 is 25.6 Å². The normalized spacial score (nSPS) is 17.1. The molecule has 2 aromatic carbocycles. The standard InChI is InChI=1S/C26H30N2O6S/c29-22(24(31)32)9-12-27-23(30)15-26(10-13-35-14-11-26)28-25(33)34-16-21-19-7-3-1-5-17(19)18-6-2-4-8-20(18)21/h1-8,21-22,29H,9-16H2,(H,27,30)(H,28,33)(H,31,32). The van der Waals surface area contributed by atoms with Crippen molar-refractivity contribution < 1.29 is 29.3 Å². The lowest BCUT2D eigenvalue weighted by Crippen LogP contribution is -2.53. The van der Waals surface area contributed by atoms with Gasteiger partial charge in [0.15, 0.2) is 6.10 Å². The van der Waals surface area contributed by atoms with Gasteiger partial charge in [-0.1, -0.05) is 48.5 Å². The molecule has 1 saturated heterocycles. The molecular formula is C26H30N2O6S. The average molecular weight is 499 g/mol. The summed E-state index contributed by atoms with van der Waals surface area (Å²) in [5.41, 5.74) is 3.86. The lowest BCUT2D eigenvalue weighted by Gasteiger charge is -2.37. The molecule has 8 nitrogen and oxygen atoms in total. The second kappa shape index (κ2) is 11.1. The number of aliphatic hydroxyl groups is 1. The lowest BCUT2D eigenvalue weighted by molar-refractivity contribution is -0.147. The van der Waals surface area contributed by atoms with E-state index in [1.807, 2.05) is 24.3 Å². The summed E-state index contributed by atoms with van der Waals surface area (Å²) in [4.78, 5) is 36.2. The van der Waals surface area contributed by atoms with Gasteiger partial charge in [-0.15, -0.1) is 0 Å². The average Bonchev–Trinajstić information content (AvgIpc) is 3.16. The number of carbonyl (C=O) groups excluding carboxylic acids is 2. The number of carboxylic acids is 1. The summed E-state index contributed by atoms with van der Waals surface area (Å²) in [7, 11) is 0. The Labute approximate surface area is 208 Å². The Morgan fingerprint density at radius 3 is 2.23 bits per heavy atom. The summed E-state index contributed by atoms with van der Waals surface area (Å²) in [6, 6.07) is 16.3. The first-order chi connectivity index (χ1) is 16.9. The number of aliphatic hydroxyl groups excluding tert-OH is 1. The van der Waals surface area contributed by atoms with Crippen LogP contribution in [0.5, 0.6) is 0 Å². The fraction of sp³-hybridized carbons (Fsp3) is 0.423. The molecule has 1 fully saturated rings. The molecule has 0 saturated carbocycles. The number of fused-ring (bicyclic) bond motifs is 3. The van der Waals surface area contributed by atoms with Crippen LogP contribution in [-0.2, 0) is 14.3 Å². The fourth-order valence-electron chi connectivity index (χ4n) is 4.80. The maximum absolute atomic E-state index is 12.9. The van der Waals surface area contributed by atoms with Crippen LogP contribution in [0.2, 0.25) is 0 Å². The molecule has 1 unspecified atom stereocenters. The van der Waals surface area contributed by atoms with E-state index >= 15 is 0 Å². The number of aliphatic carboxylic acids is 1. The Morgan fingerprint density at radius 1 is 1.03 bits per heavy atom. The monoisotopic (exact) mass is 498 g/mol. The van der Waals surface area contributed by atoms with Crippen LogP contribution in [0.15, 0.2) is 48.5 Å². The first-order valence-electron chi connectivity index (χ1n) is 11.8. The molecule has 2 aliphatic rings. The van der Waals surface area contributed by atoms with Gasteiger partial charge in [0, 0.05) is 25.3 Å². The zero-order valence-electron chi connectivity index (χ0n) is 19.4. The highest BCUT2D eigenvalue weighted by Crippen LogP contribution is 2.44. The Kier molecular flexibility index (Phi) is 7.97. The van der Waals surface area contributed by atoms with Crippen LogP contribution < -0.4 is 10.6 Å². The van der Waals surface area contributed by atoms with E-state index in [1.54, 1.807) is 11.8 Å². The number of hydrogen-bond acceptors (Lipinski definition) is 6. The number of carboxylic acid groups (broad SMARTS) is 1. The summed E-state index contributed by atoms with van der Waals surface area (Å²) >= 11 is 1.77. The fourth-order valence-corrected chi connectivity index (χ4v) is 6.08. The van der Waals surface area contributed by atoms with Crippen molar-refractivity contribution in [1.82, 2.24) is 10.6 Å². The molecule has 1 heterocycles. The van der Waals surface area contributed by atoms with E-state index in [0.717, 1.165) is 33.8 Å². The number of carbonyl (C=O) groups is 3. The lowest BCUT2D eigenvalue weighted by atomic mass is 9.88. The maximum atomic E-state index is 12.9. The number of benzene rings is 2. The molecule has 9 heteroatoms. The van der Waals surface area contributed by atoms with Crippen molar-refractivity contribution in [3.8, 4) is 11.1 Å². The minimum Gasteiger partial charge on any atom is -0.479 e. The summed E-state index contributed by atoms with van der Waals surface area (Å²) < 4.78 is 5.70. The van der Waals surface area contributed by atoms with Crippen molar-refractivity contribution in [3.63, 3.8) is 0 Å². The minimum atomic E-state index is -1.52. The molecule has 0 radical (unpaired) electrons. The number of ether oxygens (including phenoxy) is 1. The van der Waals surface area contributed by atoms with Gasteiger partial charge >= 0.3 is 12.1 Å². The molecule has 1 aliphatic heterocycles. The predicted molar refractivity (Wildman–Crippen MR) is 133 cm³/mol. The summed E-state index contributed by atoms with van der Waals surface area (Å²) in [6.45, 7) is 0.242. The van der Waals surface area contributed by atoms with Crippen molar-refractivity contribution in [2.24, 2.45) is 0 Å². The molecule has 0 bridgehead atoms. The Hall–Kier alpha value is -3.04. The Bertz CT molecular complexity index is 1040. The smallest absolute Gasteiger partial charge is 0.407 e. The van der Waals surface area contributed by atoms with Gasteiger partial charge in [-0.3, -0.25) is 4.79 Å². The Balaban J connectivity index is 1.36. The van der Waals surface area contributed by atoms with Crippen molar-refractivity contribution >= 4 is 29.7 Å². The second-order valence-electron chi connectivity index (χ2n) is 9.01. The maximum Gasteiger partial charge on any atom is 0.407 e. The molecule has 2 amide bonds. The predicted octanol–water partition coefficient (Wildman–Crippen LogP) is 3.13. The molecular weight excluding hydrogens is 468 g/mol. The Morgan fingerprint density at radius 2 is 1.63 bits per heavy atom. The third-order valence-corrected chi connectivity index (χ3v) is 7.67. The third kappa shape index (κ3) is 5.97. The van der Waals surface area contributed by atoms with Gasteiger partial charge in [-0.25, -0.2) is 9.59 Å². The zero-order valence-corrected chi connectivity index (χ0v) is 20.2. The van der Waals surface area contributed by atoms with Gasteiger partial charge in [0.2, 0.25) is 5.91 Å². The molecule has 2 aromatic rings. The van der Waals surface area contributed by atoms with Gasteiger partial charge in [-0.05, 0) is 46.6 Å². The molecule has 0 spiro atoms. The van der Waals surface area contributed by atoms with Gasteiger partial charge in [0.1, 0.15) is 6.61 Å². The minimum absolute atomic E-state index is 0.0437. The van der Waals surface area contributed by atoms with Crippen molar-refractivity contribution in [3.05, 3.63) is 59.7 Å². The number of alkyl carbamates (subject to hydrolysis) is 1. The second-order valence-corrected chi connectivity index (χ2v) is 10.2. The van der Waals surface area contributed by atoms with E-state index < -0.39 is 23.7 Å². The van der Waals surface area contributed by atoms with Crippen molar-refractivity contribution in [2.75, 3.05) is 24.7 Å². The first kappa shape index (κ1) is 25.1. The first-order valence-corrected chi connectivity index (χ1v) is 12.9. The zero-order chi connectivity index (χ0) is 24.8. The number of nitrogens with one attached hydrogen (secondary N) is 2. The van der Waals surface area contributed by atoms with Crippen molar-refractivity contribution in [2.45, 2.75) is 43.2 Å². The van der Waals surface area contributed by atoms with Crippen LogP contribution in [0, 0.1) is 0 Å². The van der Waals surface area contributed by atoms with E-state index in [9.17, 15) is 19.5 Å². The highest BCUT2D eigenvalue weighted by Gasteiger charge is 2.37. The van der Waals surface area contributed by atoms with E-state index in [-0.39, 0.29) is 37.8 Å². The summed E-state index contributed by atoms with van der Waals surface area (Å²) in [6.07, 6.45) is -0.813. The van der Waals surface area contributed by atoms with E-state index in [1.165, 1.54) is 0 Å². The molecule has 0 aromatic heterocycles. The topological polar surface area (TPSA) is 125 Å². The van der Waals surface area contributed by atoms with Gasteiger partial charge in [-0.2, -0.15) is 11.8 Å². The largest absolute Gasteiger partial charge is 0.479 e. The van der Waals surface area contributed by atoms with Gasteiger partial charge in [0.25, 0.3) is 0 Å². The van der Waals surface area contributed by atoms with Crippen LogP contribution in [0.4, 0.5) is 4.79 Å². The van der Waals surface area contributed by atoms with Crippen LogP contribution in [0.1, 0.15) is 42.7 Å². The molecule has 4 N–H and O–H groups in total. The highest BCUT2D eigenvalue weighted by atomic mass is 32.2.